The normalized spacial score (nSPS) is 15.9. The second-order valence-electron chi connectivity index (χ2n) is 6.94. The Hall–Kier alpha value is -1.81. The number of carbonyl (C=O) groups is 1. The molecular formula is C19H24FN3O3S2. The van der Waals surface area contributed by atoms with Crippen LogP contribution in [0.15, 0.2) is 40.6 Å². The number of rotatable bonds is 6. The number of carbonyl (C=O) groups excluding carboxylic acids is 1. The van der Waals surface area contributed by atoms with Crippen LogP contribution in [0.1, 0.15) is 10.4 Å². The molecule has 152 valence electrons. The zero-order valence-electron chi connectivity index (χ0n) is 16.0. The van der Waals surface area contributed by atoms with Crippen LogP contribution in [-0.2, 0) is 21.4 Å². The number of thiophene rings is 1. The van der Waals surface area contributed by atoms with Gasteiger partial charge in [-0.25, -0.2) is 12.8 Å². The van der Waals surface area contributed by atoms with Crippen molar-refractivity contribution < 1.29 is 17.6 Å². The molecule has 28 heavy (non-hydrogen) atoms. The van der Waals surface area contributed by atoms with Gasteiger partial charge >= 0.3 is 0 Å². The summed E-state index contributed by atoms with van der Waals surface area (Å²) in [5, 5.41) is 2.04. The van der Waals surface area contributed by atoms with E-state index in [1.165, 1.54) is 32.9 Å². The maximum Gasteiger partial charge on any atom is 0.243 e. The molecule has 0 spiro atoms. The summed E-state index contributed by atoms with van der Waals surface area (Å²) in [6, 6.07) is 7.07. The van der Waals surface area contributed by atoms with Crippen LogP contribution in [0, 0.1) is 12.7 Å². The Morgan fingerprint density at radius 2 is 1.93 bits per heavy atom. The first-order valence-corrected chi connectivity index (χ1v) is 11.3. The van der Waals surface area contributed by atoms with Crippen LogP contribution in [0.4, 0.5) is 4.39 Å². The van der Waals surface area contributed by atoms with Crippen molar-refractivity contribution in [2.45, 2.75) is 18.4 Å². The smallest absolute Gasteiger partial charge is 0.243 e. The minimum Gasteiger partial charge on any atom is -0.339 e. The summed E-state index contributed by atoms with van der Waals surface area (Å²) in [6.07, 6.45) is 0. The van der Waals surface area contributed by atoms with Crippen LogP contribution in [-0.4, -0.2) is 68.2 Å². The van der Waals surface area contributed by atoms with Gasteiger partial charge in [-0.15, -0.1) is 11.3 Å². The van der Waals surface area contributed by atoms with Gasteiger partial charge in [0.05, 0.1) is 11.4 Å². The summed E-state index contributed by atoms with van der Waals surface area (Å²) in [6.45, 7) is 4.13. The first kappa shape index (κ1) is 20.9. The molecule has 1 aromatic carbocycles. The van der Waals surface area contributed by atoms with Gasteiger partial charge in [0.15, 0.2) is 0 Å². The molecule has 1 aliphatic rings. The van der Waals surface area contributed by atoms with Crippen molar-refractivity contribution in [2.24, 2.45) is 0 Å². The van der Waals surface area contributed by atoms with Crippen LogP contribution < -0.4 is 0 Å². The Morgan fingerprint density at radius 1 is 1.21 bits per heavy atom. The van der Waals surface area contributed by atoms with Gasteiger partial charge in [-0.05, 0) is 49.2 Å². The molecule has 0 aliphatic carbocycles. The minimum atomic E-state index is -3.75. The first-order chi connectivity index (χ1) is 13.3. The van der Waals surface area contributed by atoms with Crippen molar-refractivity contribution in [3.8, 4) is 0 Å². The molecule has 2 aromatic rings. The predicted octanol–water partition coefficient (Wildman–Crippen LogP) is 2.16. The number of piperazine rings is 1. The minimum absolute atomic E-state index is 0.0143. The number of benzene rings is 1. The van der Waals surface area contributed by atoms with E-state index in [0.29, 0.717) is 19.6 Å². The van der Waals surface area contributed by atoms with Gasteiger partial charge in [-0.1, -0.05) is 6.07 Å². The van der Waals surface area contributed by atoms with E-state index in [1.54, 1.807) is 16.2 Å². The largest absolute Gasteiger partial charge is 0.339 e. The monoisotopic (exact) mass is 425 g/mol. The van der Waals surface area contributed by atoms with Crippen molar-refractivity contribution >= 4 is 27.3 Å². The maximum absolute atomic E-state index is 13.4. The Balaban J connectivity index is 1.54. The van der Waals surface area contributed by atoms with E-state index in [-0.39, 0.29) is 30.4 Å². The molecule has 6 nitrogen and oxygen atoms in total. The van der Waals surface area contributed by atoms with Crippen LogP contribution in [0.5, 0.6) is 0 Å². The third-order valence-corrected chi connectivity index (χ3v) is 7.71. The Labute approximate surface area is 169 Å². The second-order valence-corrected chi connectivity index (χ2v) is 9.88. The molecule has 1 fully saturated rings. The fraction of sp³-hybridized carbons (Fsp3) is 0.421. The third-order valence-electron chi connectivity index (χ3n) is 4.81. The third kappa shape index (κ3) is 4.78. The Kier molecular flexibility index (Phi) is 6.49. The molecule has 0 bridgehead atoms. The number of nitrogens with zero attached hydrogens (tertiary/aromatic N) is 3. The van der Waals surface area contributed by atoms with Crippen molar-refractivity contribution in [3.63, 3.8) is 0 Å². The predicted molar refractivity (Wildman–Crippen MR) is 107 cm³/mol. The molecule has 0 N–H and O–H groups in total. The molecule has 3 rings (SSSR count). The van der Waals surface area contributed by atoms with Crippen molar-refractivity contribution in [3.05, 3.63) is 52.0 Å². The summed E-state index contributed by atoms with van der Waals surface area (Å²) in [4.78, 5) is 17.4. The zero-order chi connectivity index (χ0) is 20.3. The average molecular weight is 426 g/mol. The van der Waals surface area contributed by atoms with Gasteiger partial charge in [0.25, 0.3) is 0 Å². The van der Waals surface area contributed by atoms with Crippen molar-refractivity contribution in [1.82, 2.24) is 14.1 Å². The fourth-order valence-corrected chi connectivity index (χ4v) is 5.59. The van der Waals surface area contributed by atoms with Gasteiger partial charge in [0.2, 0.25) is 15.9 Å². The molecule has 1 aromatic heterocycles. The highest BCUT2D eigenvalue weighted by Gasteiger charge is 2.30. The van der Waals surface area contributed by atoms with E-state index in [2.05, 4.69) is 13.0 Å². The highest BCUT2D eigenvalue weighted by Crippen LogP contribution is 2.19. The highest BCUT2D eigenvalue weighted by atomic mass is 32.2. The number of sulfonamides is 1. The van der Waals surface area contributed by atoms with Gasteiger partial charge in [0, 0.05) is 37.6 Å². The lowest BCUT2D eigenvalue weighted by Gasteiger charge is -2.34. The fourth-order valence-electron chi connectivity index (χ4n) is 3.15. The SMILES string of the molecule is Cc1ccsc1CN(C)CC(=O)N1CCN(S(=O)(=O)c2cccc(F)c2)CC1. The standard InChI is InChI=1S/C19H24FN3O3S2/c1-15-6-11-27-18(15)13-21(2)14-19(24)22-7-9-23(10-8-22)28(25,26)17-5-3-4-16(20)12-17/h3-6,11-12H,7-10,13-14H2,1-2H3. The molecule has 1 aliphatic heterocycles. The van der Waals surface area contributed by atoms with Gasteiger partial charge in [0.1, 0.15) is 5.82 Å². The molecular weight excluding hydrogens is 401 g/mol. The van der Waals surface area contributed by atoms with Crippen LogP contribution in [0.3, 0.4) is 0 Å². The lowest BCUT2D eigenvalue weighted by atomic mass is 10.3. The van der Waals surface area contributed by atoms with Crippen LogP contribution >= 0.6 is 11.3 Å². The summed E-state index contributed by atoms with van der Waals surface area (Å²) in [7, 11) is -1.84. The van der Waals surface area contributed by atoms with E-state index in [0.717, 1.165) is 6.07 Å². The van der Waals surface area contributed by atoms with Gasteiger partial charge in [-0.3, -0.25) is 9.69 Å². The number of amides is 1. The number of aryl methyl sites for hydroxylation is 1. The first-order valence-electron chi connectivity index (χ1n) is 9.02. The summed E-state index contributed by atoms with van der Waals surface area (Å²) in [5.74, 6) is -0.599. The van der Waals surface area contributed by atoms with E-state index < -0.39 is 15.8 Å². The van der Waals surface area contributed by atoms with Crippen molar-refractivity contribution in [2.75, 3.05) is 39.8 Å². The molecule has 1 saturated heterocycles. The van der Waals surface area contributed by atoms with E-state index in [4.69, 9.17) is 0 Å². The number of hydrogen-bond donors (Lipinski definition) is 0. The molecule has 0 saturated carbocycles. The van der Waals surface area contributed by atoms with E-state index >= 15 is 0 Å². The Bertz CT molecular complexity index is 937. The van der Waals surface area contributed by atoms with Crippen LogP contribution in [0.2, 0.25) is 0 Å². The molecule has 2 heterocycles. The lowest BCUT2D eigenvalue weighted by Crippen LogP contribution is -2.52. The zero-order valence-corrected chi connectivity index (χ0v) is 17.6. The molecule has 0 radical (unpaired) electrons. The van der Waals surface area contributed by atoms with Gasteiger partial charge in [-0.2, -0.15) is 4.31 Å². The lowest BCUT2D eigenvalue weighted by molar-refractivity contribution is -0.133. The Morgan fingerprint density at radius 3 is 2.54 bits per heavy atom. The van der Waals surface area contributed by atoms with E-state index in [1.807, 2.05) is 17.3 Å². The summed E-state index contributed by atoms with van der Waals surface area (Å²) >= 11 is 1.68. The highest BCUT2D eigenvalue weighted by molar-refractivity contribution is 7.89. The maximum atomic E-state index is 13.4. The number of hydrogen-bond acceptors (Lipinski definition) is 5. The van der Waals surface area contributed by atoms with Gasteiger partial charge < -0.3 is 4.90 Å². The molecule has 1 amide bonds. The number of likely N-dealkylation sites (N-methyl/N-ethyl adjacent to an activating group) is 1. The quantitative estimate of drug-likeness (QED) is 0.712. The molecule has 0 atom stereocenters. The number of halogens is 1. The van der Waals surface area contributed by atoms with Crippen LogP contribution in [0.25, 0.3) is 0 Å². The average Bonchev–Trinajstić information content (AvgIpc) is 3.06. The van der Waals surface area contributed by atoms with Crippen molar-refractivity contribution in [1.29, 1.82) is 0 Å². The molecule has 9 heteroatoms. The van der Waals surface area contributed by atoms with E-state index in [9.17, 15) is 17.6 Å². The molecule has 0 unspecified atom stereocenters. The topological polar surface area (TPSA) is 60.9 Å². The summed E-state index contributed by atoms with van der Waals surface area (Å²) < 4.78 is 40.0. The second kappa shape index (κ2) is 8.69. The summed E-state index contributed by atoms with van der Waals surface area (Å²) in [5.41, 5.74) is 1.22.